The summed E-state index contributed by atoms with van der Waals surface area (Å²) >= 11 is 0. The number of hydrogen-bond acceptors (Lipinski definition) is 3. The number of carbonyl (C=O) groups is 1. The first-order chi connectivity index (χ1) is 15.1. The number of anilines is 1. The molecule has 0 spiro atoms. The Morgan fingerprint density at radius 3 is 2.58 bits per heavy atom. The quantitative estimate of drug-likeness (QED) is 0.329. The Morgan fingerprint density at radius 2 is 1.87 bits per heavy atom. The molecule has 0 aliphatic carbocycles. The number of nitriles is 1. The van der Waals surface area contributed by atoms with Gasteiger partial charge in [-0.2, -0.15) is 5.26 Å². The minimum absolute atomic E-state index is 0.0161. The Morgan fingerprint density at radius 1 is 1.06 bits per heavy atom. The number of nitrogens with zero attached hydrogens (tertiary/aromatic N) is 1. The van der Waals surface area contributed by atoms with Gasteiger partial charge in [0.15, 0.2) is 0 Å². The molecule has 0 radical (unpaired) electrons. The van der Waals surface area contributed by atoms with Crippen LogP contribution in [-0.2, 0) is 4.79 Å². The van der Waals surface area contributed by atoms with Crippen LogP contribution in [-0.4, -0.2) is 18.0 Å². The summed E-state index contributed by atoms with van der Waals surface area (Å²) < 4.78 is 5.38. The number of ether oxygens (including phenoxy) is 1. The Hall–Kier alpha value is -4.30. The second-order valence-corrected chi connectivity index (χ2v) is 7.18. The lowest BCUT2D eigenvalue weighted by atomic mass is 10.0. The predicted octanol–water partition coefficient (Wildman–Crippen LogP) is 5.70. The molecule has 1 amide bonds. The highest BCUT2D eigenvalue weighted by Gasteiger charge is 2.16. The number of methoxy groups -OCH3 is 1. The van der Waals surface area contributed by atoms with E-state index >= 15 is 0 Å². The number of hydrogen-bond donors (Lipinski definition) is 2. The van der Waals surface area contributed by atoms with Gasteiger partial charge in [-0.25, -0.2) is 0 Å². The number of H-pyrrole nitrogens is 1. The molecule has 1 aromatic heterocycles. The number of fused-ring (bicyclic) bond motifs is 1. The molecule has 0 unspecified atom stereocenters. The van der Waals surface area contributed by atoms with E-state index in [0.29, 0.717) is 11.4 Å². The lowest BCUT2D eigenvalue weighted by Crippen LogP contribution is -2.13. The van der Waals surface area contributed by atoms with Crippen LogP contribution in [0.25, 0.3) is 28.2 Å². The number of amides is 1. The second-order valence-electron chi connectivity index (χ2n) is 7.18. The Balaban J connectivity index is 1.83. The van der Waals surface area contributed by atoms with Crippen molar-refractivity contribution in [3.8, 4) is 23.1 Å². The number of aromatic amines is 1. The summed E-state index contributed by atoms with van der Waals surface area (Å²) in [6.07, 6.45) is 1.63. The number of rotatable bonds is 5. The summed E-state index contributed by atoms with van der Waals surface area (Å²) in [7, 11) is 1.61. The topological polar surface area (TPSA) is 77.9 Å². The van der Waals surface area contributed by atoms with E-state index in [0.717, 1.165) is 33.3 Å². The highest BCUT2D eigenvalue weighted by atomic mass is 16.5. The Bertz CT molecular complexity index is 1330. The minimum atomic E-state index is -0.454. The zero-order valence-corrected chi connectivity index (χ0v) is 17.3. The van der Waals surface area contributed by atoms with Gasteiger partial charge in [-0.05, 0) is 54.5 Å². The molecule has 0 atom stereocenters. The molecule has 1 heterocycles. The Kier molecular flexibility index (Phi) is 5.55. The van der Waals surface area contributed by atoms with E-state index in [4.69, 9.17) is 4.74 Å². The molecule has 4 aromatic rings. The van der Waals surface area contributed by atoms with Crippen LogP contribution in [0.2, 0.25) is 0 Å². The third kappa shape index (κ3) is 4.19. The average molecular weight is 407 g/mol. The second kappa shape index (κ2) is 8.60. The number of aryl methyl sites for hydroxylation is 1. The van der Waals surface area contributed by atoms with Crippen LogP contribution in [0.3, 0.4) is 0 Å². The van der Waals surface area contributed by atoms with Gasteiger partial charge in [-0.15, -0.1) is 0 Å². The van der Waals surface area contributed by atoms with E-state index in [1.165, 1.54) is 0 Å². The van der Waals surface area contributed by atoms with E-state index in [-0.39, 0.29) is 5.57 Å². The highest BCUT2D eigenvalue weighted by molar-refractivity contribution is 6.12. The Labute approximate surface area is 180 Å². The molecule has 0 saturated heterocycles. The normalized spacial score (nSPS) is 11.2. The summed E-state index contributed by atoms with van der Waals surface area (Å²) in [5.74, 6) is 0.243. The monoisotopic (exact) mass is 407 g/mol. The van der Waals surface area contributed by atoms with Gasteiger partial charge < -0.3 is 15.0 Å². The van der Waals surface area contributed by atoms with Gasteiger partial charge in [0, 0.05) is 22.2 Å². The van der Waals surface area contributed by atoms with Crippen molar-refractivity contribution in [1.29, 1.82) is 5.26 Å². The van der Waals surface area contributed by atoms with Gasteiger partial charge in [-0.1, -0.05) is 42.5 Å². The first kappa shape index (κ1) is 20.0. The fraction of sp³-hybridized carbons (Fsp3) is 0.0769. The van der Waals surface area contributed by atoms with Crippen LogP contribution in [0.1, 0.15) is 11.1 Å². The first-order valence-electron chi connectivity index (χ1n) is 9.84. The van der Waals surface area contributed by atoms with Crippen molar-refractivity contribution in [2.45, 2.75) is 6.92 Å². The van der Waals surface area contributed by atoms with Crippen LogP contribution in [0, 0.1) is 18.3 Å². The van der Waals surface area contributed by atoms with Crippen LogP contribution in [0.5, 0.6) is 5.75 Å². The molecule has 31 heavy (non-hydrogen) atoms. The largest absolute Gasteiger partial charge is 0.497 e. The highest BCUT2D eigenvalue weighted by Crippen LogP contribution is 2.34. The molecule has 152 valence electrons. The number of aromatic nitrogens is 1. The van der Waals surface area contributed by atoms with Crippen LogP contribution >= 0.6 is 0 Å². The zero-order valence-electron chi connectivity index (χ0n) is 17.3. The molecule has 0 aliphatic heterocycles. The number of benzene rings is 3. The molecule has 5 nitrogen and oxygen atoms in total. The molecular formula is C26H21N3O2. The molecule has 2 N–H and O–H groups in total. The number of nitrogens with one attached hydrogen (secondary N) is 2. The van der Waals surface area contributed by atoms with E-state index < -0.39 is 5.91 Å². The molecule has 0 bridgehead atoms. The molecule has 4 rings (SSSR count). The van der Waals surface area contributed by atoms with Crippen molar-refractivity contribution in [2.24, 2.45) is 0 Å². The lowest BCUT2D eigenvalue weighted by Gasteiger charge is -2.06. The molecule has 0 fully saturated rings. The molecule has 5 heteroatoms. The van der Waals surface area contributed by atoms with Crippen molar-refractivity contribution >= 4 is 28.6 Å². The van der Waals surface area contributed by atoms with Gasteiger partial charge in [0.05, 0.1) is 12.8 Å². The summed E-state index contributed by atoms with van der Waals surface area (Å²) in [5.41, 5.74) is 5.13. The molecular weight excluding hydrogens is 386 g/mol. The molecule has 3 aromatic carbocycles. The van der Waals surface area contributed by atoms with Crippen LogP contribution in [0.4, 0.5) is 5.69 Å². The third-order valence-corrected chi connectivity index (χ3v) is 5.04. The fourth-order valence-corrected chi connectivity index (χ4v) is 3.52. The fourth-order valence-electron chi connectivity index (χ4n) is 3.52. The van der Waals surface area contributed by atoms with Crippen molar-refractivity contribution in [3.05, 3.63) is 89.5 Å². The summed E-state index contributed by atoms with van der Waals surface area (Å²) in [6.45, 7) is 1.95. The minimum Gasteiger partial charge on any atom is -0.497 e. The van der Waals surface area contributed by atoms with Crippen LogP contribution < -0.4 is 10.1 Å². The maximum atomic E-state index is 12.9. The maximum Gasteiger partial charge on any atom is 0.266 e. The lowest BCUT2D eigenvalue weighted by molar-refractivity contribution is -0.112. The average Bonchev–Trinajstić information content (AvgIpc) is 3.15. The maximum absolute atomic E-state index is 12.9. The van der Waals surface area contributed by atoms with E-state index in [9.17, 15) is 10.1 Å². The third-order valence-electron chi connectivity index (χ3n) is 5.04. The van der Waals surface area contributed by atoms with Gasteiger partial charge in [-0.3, -0.25) is 4.79 Å². The zero-order chi connectivity index (χ0) is 21.8. The van der Waals surface area contributed by atoms with Gasteiger partial charge in [0.2, 0.25) is 0 Å². The van der Waals surface area contributed by atoms with E-state index in [2.05, 4.69) is 16.4 Å². The van der Waals surface area contributed by atoms with Crippen molar-refractivity contribution in [1.82, 2.24) is 4.98 Å². The van der Waals surface area contributed by atoms with Crippen molar-refractivity contribution < 1.29 is 9.53 Å². The van der Waals surface area contributed by atoms with Crippen molar-refractivity contribution in [3.63, 3.8) is 0 Å². The van der Waals surface area contributed by atoms with E-state index in [1.807, 2.05) is 73.7 Å². The predicted molar refractivity (Wildman–Crippen MR) is 124 cm³/mol. The van der Waals surface area contributed by atoms with Gasteiger partial charge >= 0.3 is 0 Å². The van der Waals surface area contributed by atoms with E-state index in [1.54, 1.807) is 19.3 Å². The van der Waals surface area contributed by atoms with Crippen LogP contribution in [0.15, 0.2) is 78.4 Å². The number of carbonyl (C=O) groups excluding carboxylic acids is 1. The van der Waals surface area contributed by atoms with Gasteiger partial charge in [0.1, 0.15) is 17.4 Å². The summed E-state index contributed by atoms with van der Waals surface area (Å²) in [6, 6.07) is 25.0. The SMILES string of the molecule is COc1ccc2[nH]c(-c3ccccc3)c(/C=C(\C#N)C(=O)Nc3cccc(C)c3)c2c1. The first-order valence-corrected chi connectivity index (χ1v) is 9.84. The summed E-state index contributed by atoms with van der Waals surface area (Å²) in [5, 5.41) is 13.4. The standard InChI is InChI=1S/C26H21N3O2/c1-17-7-6-10-20(13-17)28-26(30)19(16-27)14-23-22-15-21(31-2)11-12-24(22)29-25(23)18-8-4-3-5-9-18/h3-15,29H,1-2H3,(H,28,30)/b19-14+. The smallest absolute Gasteiger partial charge is 0.266 e. The van der Waals surface area contributed by atoms with Gasteiger partial charge in [0.25, 0.3) is 5.91 Å². The van der Waals surface area contributed by atoms with Crippen molar-refractivity contribution in [2.75, 3.05) is 12.4 Å². The molecule has 0 aliphatic rings. The summed E-state index contributed by atoms with van der Waals surface area (Å²) in [4.78, 5) is 16.3. The molecule has 0 saturated carbocycles.